The standard InChI is InChI=1S/C22H28N6OS/c1-21(2,3)30(29)27-19-16-7-5-4-6-15(16)12-22(19)8-10-28(11-9-22)20-17(13-23)25-14-18(24)26-20/h4-7,14,19,27H,8-12H2,1-3H3,(H2,24,26)/t19-,30?/m1/s1. The van der Waals surface area contributed by atoms with E-state index < -0.39 is 11.4 Å². The minimum absolute atomic E-state index is 0.0122. The third-order valence-corrected chi connectivity index (χ3v) is 7.80. The molecule has 30 heavy (non-hydrogen) atoms. The lowest BCUT2D eigenvalue weighted by Gasteiger charge is -2.44. The van der Waals surface area contributed by atoms with E-state index in [1.165, 1.54) is 17.3 Å². The minimum atomic E-state index is -1.16. The Morgan fingerprint density at radius 3 is 2.67 bits per heavy atom. The molecule has 4 rings (SSSR count). The van der Waals surface area contributed by atoms with E-state index in [0.29, 0.717) is 17.3 Å². The van der Waals surface area contributed by atoms with Crippen molar-refractivity contribution in [3.8, 4) is 6.07 Å². The Balaban J connectivity index is 1.60. The molecule has 1 spiro atoms. The van der Waals surface area contributed by atoms with Crippen LogP contribution in [0.3, 0.4) is 0 Å². The molecule has 1 aliphatic carbocycles. The summed E-state index contributed by atoms with van der Waals surface area (Å²) in [6.45, 7) is 7.48. The van der Waals surface area contributed by atoms with Crippen LogP contribution in [0.4, 0.5) is 11.6 Å². The molecule has 1 aromatic heterocycles. The van der Waals surface area contributed by atoms with E-state index in [1.54, 1.807) is 0 Å². The molecule has 0 amide bonds. The number of anilines is 2. The predicted molar refractivity (Wildman–Crippen MR) is 119 cm³/mol. The molecule has 8 heteroatoms. The Kier molecular flexibility index (Phi) is 5.39. The Bertz CT molecular complexity index is 974. The first-order valence-corrected chi connectivity index (χ1v) is 11.4. The molecule has 1 aliphatic heterocycles. The number of aromatic nitrogens is 2. The number of rotatable bonds is 3. The van der Waals surface area contributed by atoms with Gasteiger partial charge in [0.05, 0.1) is 12.2 Å². The van der Waals surface area contributed by atoms with Crippen LogP contribution in [-0.4, -0.2) is 32.4 Å². The van der Waals surface area contributed by atoms with Crippen LogP contribution in [0.5, 0.6) is 0 Å². The van der Waals surface area contributed by atoms with Gasteiger partial charge < -0.3 is 15.2 Å². The quantitative estimate of drug-likeness (QED) is 0.728. The zero-order chi connectivity index (χ0) is 21.5. The van der Waals surface area contributed by atoms with Crippen molar-refractivity contribution in [2.75, 3.05) is 23.7 Å². The predicted octanol–water partition coefficient (Wildman–Crippen LogP) is 2.87. The summed E-state index contributed by atoms with van der Waals surface area (Å²) in [6.07, 6.45) is 4.19. The van der Waals surface area contributed by atoms with Crippen molar-refractivity contribution in [2.45, 2.75) is 50.8 Å². The number of nitriles is 1. The van der Waals surface area contributed by atoms with E-state index >= 15 is 0 Å². The average molecular weight is 425 g/mol. The summed E-state index contributed by atoms with van der Waals surface area (Å²) < 4.78 is 16.1. The summed E-state index contributed by atoms with van der Waals surface area (Å²) in [6, 6.07) is 10.6. The second kappa shape index (κ2) is 7.73. The lowest BCUT2D eigenvalue weighted by Crippen LogP contribution is -2.50. The van der Waals surface area contributed by atoms with Gasteiger partial charge in [0.25, 0.3) is 0 Å². The number of nitrogen functional groups attached to an aromatic ring is 1. The van der Waals surface area contributed by atoms with Crippen LogP contribution in [0.15, 0.2) is 30.5 Å². The molecule has 2 heterocycles. The summed E-state index contributed by atoms with van der Waals surface area (Å²) in [5.41, 5.74) is 8.70. The lowest BCUT2D eigenvalue weighted by molar-refractivity contribution is 0.176. The highest BCUT2D eigenvalue weighted by Crippen LogP contribution is 2.52. The van der Waals surface area contributed by atoms with Gasteiger partial charge in [0.2, 0.25) is 0 Å². The van der Waals surface area contributed by atoms with Gasteiger partial charge in [0.15, 0.2) is 11.5 Å². The van der Waals surface area contributed by atoms with E-state index in [1.807, 2.05) is 20.8 Å². The van der Waals surface area contributed by atoms with Gasteiger partial charge >= 0.3 is 0 Å². The first-order valence-electron chi connectivity index (χ1n) is 10.3. The summed E-state index contributed by atoms with van der Waals surface area (Å²) in [5.74, 6) is 0.878. The zero-order valence-corrected chi connectivity index (χ0v) is 18.5. The van der Waals surface area contributed by atoms with Gasteiger partial charge in [-0.3, -0.25) is 0 Å². The Labute approximate surface area is 181 Å². The van der Waals surface area contributed by atoms with E-state index in [4.69, 9.17) is 5.73 Å². The molecular weight excluding hydrogens is 396 g/mol. The third-order valence-electron chi connectivity index (χ3n) is 6.24. The van der Waals surface area contributed by atoms with Crippen LogP contribution in [0.2, 0.25) is 0 Å². The van der Waals surface area contributed by atoms with Gasteiger partial charge in [-0.05, 0) is 51.2 Å². The topological polar surface area (TPSA) is 114 Å². The number of hydrogen-bond acceptors (Lipinski definition) is 7. The first kappa shape index (κ1) is 20.9. The summed E-state index contributed by atoms with van der Waals surface area (Å²) >= 11 is -1.16. The molecule has 158 valence electrons. The van der Waals surface area contributed by atoms with E-state index in [9.17, 15) is 9.81 Å². The number of nitrogens with zero attached hydrogens (tertiary/aromatic N) is 4. The summed E-state index contributed by atoms with van der Waals surface area (Å²) in [7, 11) is 0. The molecule has 1 saturated heterocycles. The largest absolute Gasteiger partial charge is 0.598 e. The smallest absolute Gasteiger partial charge is 0.183 e. The number of nitrogens with one attached hydrogen (secondary N) is 1. The van der Waals surface area contributed by atoms with Crippen molar-refractivity contribution in [3.05, 3.63) is 47.3 Å². The molecule has 1 fully saturated rings. The first-order chi connectivity index (χ1) is 14.2. The highest BCUT2D eigenvalue weighted by Gasteiger charge is 2.50. The number of piperidine rings is 1. The second-order valence-corrected chi connectivity index (χ2v) is 11.2. The number of hydrogen-bond donors (Lipinski definition) is 2. The monoisotopic (exact) mass is 424 g/mol. The molecule has 0 saturated carbocycles. The van der Waals surface area contributed by atoms with Crippen LogP contribution in [0.1, 0.15) is 56.5 Å². The van der Waals surface area contributed by atoms with Crippen LogP contribution in [0.25, 0.3) is 0 Å². The fourth-order valence-corrected chi connectivity index (χ4v) is 5.53. The van der Waals surface area contributed by atoms with Crippen molar-refractivity contribution < 1.29 is 4.55 Å². The normalized spacial score (nSPS) is 21.3. The van der Waals surface area contributed by atoms with E-state index in [-0.39, 0.29) is 16.2 Å². The van der Waals surface area contributed by atoms with Crippen LogP contribution >= 0.6 is 0 Å². The van der Waals surface area contributed by atoms with Crippen LogP contribution < -0.4 is 15.4 Å². The van der Waals surface area contributed by atoms with E-state index in [2.05, 4.69) is 49.9 Å². The fourth-order valence-electron chi connectivity index (χ4n) is 4.58. The SMILES string of the molecule is CC(C)(C)[S+]([O-])N[C@@H]1c2ccccc2CC12CCN(c1nc(N)cnc1C#N)CC2. The molecule has 7 nitrogen and oxygen atoms in total. The Morgan fingerprint density at radius 1 is 1.30 bits per heavy atom. The molecule has 1 aromatic carbocycles. The lowest BCUT2D eigenvalue weighted by atomic mass is 9.73. The molecule has 0 radical (unpaired) electrons. The maximum absolute atomic E-state index is 13.0. The van der Waals surface area contributed by atoms with Crippen molar-refractivity contribution >= 4 is 23.0 Å². The van der Waals surface area contributed by atoms with Crippen molar-refractivity contribution in [3.63, 3.8) is 0 Å². The molecular formula is C22H28N6OS. The number of benzene rings is 1. The number of fused-ring (bicyclic) bond motifs is 1. The fraction of sp³-hybridized carbons (Fsp3) is 0.500. The third kappa shape index (κ3) is 3.73. The zero-order valence-electron chi connectivity index (χ0n) is 17.7. The average Bonchev–Trinajstić information content (AvgIpc) is 3.01. The molecule has 0 bridgehead atoms. The Hall–Kier alpha value is -2.34. The van der Waals surface area contributed by atoms with Crippen molar-refractivity contribution in [1.29, 1.82) is 5.26 Å². The Morgan fingerprint density at radius 2 is 2.00 bits per heavy atom. The minimum Gasteiger partial charge on any atom is -0.598 e. The van der Waals surface area contributed by atoms with Gasteiger partial charge in [-0.1, -0.05) is 24.3 Å². The van der Waals surface area contributed by atoms with Gasteiger partial charge in [0.1, 0.15) is 16.6 Å². The van der Waals surface area contributed by atoms with Crippen LogP contribution in [-0.2, 0) is 17.8 Å². The maximum atomic E-state index is 13.0. The van der Waals surface area contributed by atoms with E-state index in [0.717, 1.165) is 32.4 Å². The highest BCUT2D eigenvalue weighted by atomic mass is 32.2. The summed E-state index contributed by atoms with van der Waals surface area (Å²) in [5, 5.41) is 9.42. The maximum Gasteiger partial charge on any atom is 0.183 e. The highest BCUT2D eigenvalue weighted by molar-refractivity contribution is 7.90. The van der Waals surface area contributed by atoms with Gasteiger partial charge in [-0.15, -0.1) is 4.72 Å². The molecule has 2 aliphatic rings. The molecule has 2 aromatic rings. The molecule has 3 N–H and O–H groups in total. The van der Waals surface area contributed by atoms with Crippen molar-refractivity contribution in [2.24, 2.45) is 5.41 Å². The second-order valence-electron chi connectivity index (χ2n) is 9.24. The van der Waals surface area contributed by atoms with Gasteiger partial charge in [-0.25, -0.2) is 9.97 Å². The van der Waals surface area contributed by atoms with Gasteiger partial charge in [-0.2, -0.15) is 5.26 Å². The number of nitrogens with two attached hydrogens (primary N) is 1. The van der Waals surface area contributed by atoms with Crippen molar-refractivity contribution in [1.82, 2.24) is 14.7 Å². The summed E-state index contributed by atoms with van der Waals surface area (Å²) in [4.78, 5) is 10.6. The molecule has 1 unspecified atom stereocenters. The molecule has 2 atom stereocenters. The van der Waals surface area contributed by atoms with Crippen LogP contribution in [0, 0.1) is 16.7 Å². The van der Waals surface area contributed by atoms with Gasteiger partial charge in [0, 0.05) is 29.9 Å².